The molecule has 6 nitrogen and oxygen atoms in total. The highest BCUT2D eigenvalue weighted by Crippen LogP contribution is 2.24. The zero-order valence-electron chi connectivity index (χ0n) is 11.8. The van der Waals surface area contributed by atoms with E-state index in [-0.39, 0.29) is 17.2 Å². The van der Waals surface area contributed by atoms with Gasteiger partial charge in [0, 0.05) is 6.54 Å². The van der Waals surface area contributed by atoms with Crippen molar-refractivity contribution in [1.82, 2.24) is 5.32 Å². The Bertz CT molecular complexity index is 500. The van der Waals surface area contributed by atoms with E-state index < -0.39 is 12.1 Å². The fourth-order valence-corrected chi connectivity index (χ4v) is 1.46. The summed E-state index contributed by atoms with van der Waals surface area (Å²) in [5.41, 5.74) is 6.06. The third-order valence-electron chi connectivity index (χ3n) is 2.62. The molecule has 0 bridgehead atoms. The molecule has 0 spiro atoms. The normalized spacial score (nSPS) is 12.0. The van der Waals surface area contributed by atoms with Gasteiger partial charge in [0.2, 0.25) is 0 Å². The van der Waals surface area contributed by atoms with Gasteiger partial charge >= 0.3 is 5.97 Å². The maximum atomic E-state index is 11.8. The predicted octanol–water partition coefficient (Wildman–Crippen LogP) is 1.51. The fraction of sp³-hybridized carbons (Fsp3) is 0.429. The van der Waals surface area contributed by atoms with Crippen molar-refractivity contribution in [2.75, 3.05) is 12.3 Å². The average Bonchev–Trinajstić information content (AvgIpc) is 2.37. The van der Waals surface area contributed by atoms with Crippen LogP contribution in [0.15, 0.2) is 18.2 Å². The first-order chi connectivity index (χ1) is 9.31. The lowest BCUT2D eigenvalue weighted by Gasteiger charge is -2.17. The van der Waals surface area contributed by atoms with Crippen molar-refractivity contribution in [2.24, 2.45) is 5.92 Å². The Labute approximate surface area is 117 Å². The number of nitrogen functional groups attached to an aromatic ring is 1. The van der Waals surface area contributed by atoms with E-state index >= 15 is 0 Å². The molecule has 1 aromatic carbocycles. The Balaban J connectivity index is 2.74. The van der Waals surface area contributed by atoms with Crippen LogP contribution < -0.4 is 15.8 Å². The second kappa shape index (κ2) is 6.79. The fourth-order valence-electron chi connectivity index (χ4n) is 1.46. The number of hydrogen-bond donors (Lipinski definition) is 3. The molecule has 0 aromatic heterocycles. The predicted molar refractivity (Wildman–Crippen MR) is 75.8 cm³/mol. The molecule has 0 saturated carbocycles. The van der Waals surface area contributed by atoms with Crippen LogP contribution in [0.3, 0.4) is 0 Å². The lowest BCUT2D eigenvalue weighted by molar-refractivity contribution is -0.127. The van der Waals surface area contributed by atoms with Crippen LogP contribution in [0.2, 0.25) is 0 Å². The summed E-state index contributed by atoms with van der Waals surface area (Å²) in [5.74, 6) is -0.811. The lowest BCUT2D eigenvalue weighted by Crippen LogP contribution is -2.38. The topological polar surface area (TPSA) is 102 Å². The van der Waals surface area contributed by atoms with Crippen LogP contribution in [-0.2, 0) is 4.79 Å². The summed E-state index contributed by atoms with van der Waals surface area (Å²) in [6.07, 6.45) is -0.750. The Kier molecular flexibility index (Phi) is 5.37. The van der Waals surface area contributed by atoms with Crippen LogP contribution >= 0.6 is 0 Å². The highest BCUT2D eigenvalue weighted by Gasteiger charge is 2.17. The van der Waals surface area contributed by atoms with Gasteiger partial charge in [0.1, 0.15) is 5.75 Å². The number of anilines is 1. The minimum atomic E-state index is -1.08. The third-order valence-corrected chi connectivity index (χ3v) is 2.62. The molecular formula is C14H20N2O4. The van der Waals surface area contributed by atoms with E-state index in [0.29, 0.717) is 18.2 Å². The van der Waals surface area contributed by atoms with Gasteiger partial charge in [0.25, 0.3) is 5.91 Å². The second-order valence-corrected chi connectivity index (χ2v) is 4.96. The molecule has 0 aliphatic heterocycles. The second-order valence-electron chi connectivity index (χ2n) is 4.96. The van der Waals surface area contributed by atoms with Gasteiger partial charge in [-0.2, -0.15) is 0 Å². The Morgan fingerprint density at radius 3 is 2.55 bits per heavy atom. The van der Waals surface area contributed by atoms with Crippen molar-refractivity contribution < 1.29 is 19.4 Å². The number of carboxylic acid groups (broad SMARTS) is 1. The van der Waals surface area contributed by atoms with Crippen molar-refractivity contribution in [3.63, 3.8) is 0 Å². The number of carbonyl (C=O) groups is 2. The summed E-state index contributed by atoms with van der Waals surface area (Å²) in [5, 5.41) is 11.7. The summed E-state index contributed by atoms with van der Waals surface area (Å²) in [4.78, 5) is 22.7. The molecule has 0 radical (unpaired) electrons. The number of carbonyl (C=O) groups excluding carboxylic acids is 1. The van der Waals surface area contributed by atoms with E-state index in [4.69, 9.17) is 15.6 Å². The first-order valence-electron chi connectivity index (χ1n) is 6.38. The van der Waals surface area contributed by atoms with Gasteiger partial charge < -0.3 is 20.9 Å². The zero-order chi connectivity index (χ0) is 15.3. The molecule has 1 rings (SSSR count). The van der Waals surface area contributed by atoms with Crippen molar-refractivity contribution in [1.29, 1.82) is 0 Å². The monoisotopic (exact) mass is 280 g/mol. The number of benzene rings is 1. The number of rotatable bonds is 6. The smallest absolute Gasteiger partial charge is 0.335 e. The molecule has 0 saturated heterocycles. The molecular weight excluding hydrogens is 260 g/mol. The summed E-state index contributed by atoms with van der Waals surface area (Å²) < 4.78 is 5.43. The van der Waals surface area contributed by atoms with Gasteiger partial charge in [0.05, 0.1) is 11.3 Å². The van der Waals surface area contributed by atoms with Crippen molar-refractivity contribution in [3.8, 4) is 5.75 Å². The average molecular weight is 280 g/mol. The van der Waals surface area contributed by atoms with Crippen LogP contribution in [-0.4, -0.2) is 29.6 Å². The molecule has 0 aliphatic rings. The Morgan fingerprint density at radius 2 is 2.00 bits per heavy atom. The van der Waals surface area contributed by atoms with Crippen LogP contribution in [0.25, 0.3) is 0 Å². The van der Waals surface area contributed by atoms with Gasteiger partial charge in [-0.05, 0) is 31.0 Å². The van der Waals surface area contributed by atoms with Gasteiger partial charge in [-0.1, -0.05) is 13.8 Å². The first kappa shape index (κ1) is 15.8. The summed E-state index contributed by atoms with van der Waals surface area (Å²) >= 11 is 0. The van der Waals surface area contributed by atoms with Crippen LogP contribution in [0, 0.1) is 5.92 Å². The van der Waals surface area contributed by atoms with E-state index in [0.717, 1.165) is 0 Å². The molecule has 20 heavy (non-hydrogen) atoms. The third kappa shape index (κ3) is 4.46. The number of amides is 1. The number of carboxylic acids is 1. The molecule has 6 heteroatoms. The molecule has 0 aliphatic carbocycles. The standard InChI is InChI=1S/C14H20N2O4/c1-8(2)7-16-13(17)9(3)20-12-6-10(14(18)19)4-5-11(12)15/h4-6,8-9H,7,15H2,1-3H3,(H,16,17)(H,18,19). The minimum Gasteiger partial charge on any atom is -0.479 e. The number of hydrogen-bond acceptors (Lipinski definition) is 4. The first-order valence-corrected chi connectivity index (χ1v) is 6.38. The highest BCUT2D eigenvalue weighted by molar-refractivity contribution is 5.89. The SMILES string of the molecule is CC(C)CNC(=O)C(C)Oc1cc(C(=O)O)ccc1N. The Morgan fingerprint density at radius 1 is 1.35 bits per heavy atom. The van der Waals surface area contributed by atoms with Gasteiger partial charge in [0.15, 0.2) is 6.10 Å². The van der Waals surface area contributed by atoms with Crippen molar-refractivity contribution in [2.45, 2.75) is 26.9 Å². The maximum Gasteiger partial charge on any atom is 0.335 e. The Hall–Kier alpha value is -2.24. The van der Waals surface area contributed by atoms with E-state index in [1.807, 2.05) is 13.8 Å². The summed E-state index contributed by atoms with van der Waals surface area (Å²) in [6, 6.07) is 4.13. The maximum absolute atomic E-state index is 11.8. The number of ether oxygens (including phenoxy) is 1. The van der Waals surface area contributed by atoms with Crippen LogP contribution in [0.1, 0.15) is 31.1 Å². The molecule has 1 unspecified atom stereocenters. The number of nitrogens with one attached hydrogen (secondary N) is 1. The van der Waals surface area contributed by atoms with E-state index in [9.17, 15) is 9.59 Å². The molecule has 0 fully saturated rings. The molecule has 1 amide bonds. The van der Waals surface area contributed by atoms with Crippen LogP contribution in [0.4, 0.5) is 5.69 Å². The highest BCUT2D eigenvalue weighted by atomic mass is 16.5. The number of aromatic carboxylic acids is 1. The summed E-state index contributed by atoms with van der Waals surface area (Å²) in [7, 11) is 0. The van der Waals surface area contributed by atoms with E-state index in [1.165, 1.54) is 18.2 Å². The molecule has 1 atom stereocenters. The van der Waals surface area contributed by atoms with Crippen molar-refractivity contribution >= 4 is 17.6 Å². The van der Waals surface area contributed by atoms with E-state index in [1.54, 1.807) is 6.92 Å². The van der Waals surface area contributed by atoms with Gasteiger partial charge in [-0.3, -0.25) is 4.79 Å². The lowest BCUT2D eigenvalue weighted by atomic mass is 10.2. The van der Waals surface area contributed by atoms with Crippen molar-refractivity contribution in [3.05, 3.63) is 23.8 Å². The van der Waals surface area contributed by atoms with Gasteiger partial charge in [-0.25, -0.2) is 4.79 Å². The quantitative estimate of drug-likeness (QED) is 0.685. The summed E-state index contributed by atoms with van der Waals surface area (Å²) in [6.45, 7) is 6.11. The van der Waals surface area contributed by atoms with E-state index in [2.05, 4.69) is 5.32 Å². The minimum absolute atomic E-state index is 0.0592. The molecule has 1 aromatic rings. The molecule has 4 N–H and O–H groups in total. The zero-order valence-corrected chi connectivity index (χ0v) is 11.8. The molecule has 110 valence electrons. The largest absolute Gasteiger partial charge is 0.479 e. The van der Waals surface area contributed by atoms with Gasteiger partial charge in [-0.15, -0.1) is 0 Å². The molecule has 0 heterocycles. The number of nitrogens with two attached hydrogens (primary N) is 1. The van der Waals surface area contributed by atoms with Crippen LogP contribution in [0.5, 0.6) is 5.75 Å².